The van der Waals surface area contributed by atoms with Crippen LogP contribution in [0.2, 0.25) is 5.16 Å². The molecule has 0 spiro atoms. The van der Waals surface area contributed by atoms with Crippen molar-refractivity contribution in [3.05, 3.63) is 0 Å². The molecule has 0 unspecified atom stereocenters. The highest BCUT2D eigenvalue weighted by molar-refractivity contribution is 6.82. The Hall–Kier alpha value is 0.194. The van der Waals surface area contributed by atoms with Crippen molar-refractivity contribution in [1.82, 2.24) is 0 Å². The predicted molar refractivity (Wildman–Crippen MR) is 90.7 cm³/mol. The molecule has 0 amide bonds. The topological polar surface area (TPSA) is 55.4 Å². The largest absolute Gasteiger partial charge is 0.508 e. The van der Waals surface area contributed by atoms with Gasteiger partial charge in [0.15, 0.2) is 0 Å². The maximum atomic E-state index is 6.02. The van der Waals surface area contributed by atoms with Gasteiger partial charge in [-0.3, -0.25) is 0 Å². The van der Waals surface area contributed by atoms with Gasteiger partial charge in [-0.05, 0) is 34.1 Å². The van der Waals surface area contributed by atoms with E-state index in [1.807, 2.05) is 27.7 Å². The lowest BCUT2D eigenvalue weighted by Gasteiger charge is -2.41. The zero-order valence-electron chi connectivity index (χ0n) is 15.3. The fourth-order valence-corrected chi connectivity index (χ4v) is 11.0. The van der Waals surface area contributed by atoms with Gasteiger partial charge in [-0.15, -0.1) is 0 Å². The van der Waals surface area contributed by atoms with Gasteiger partial charge >= 0.3 is 17.6 Å². The second-order valence-electron chi connectivity index (χ2n) is 4.69. The first-order valence-electron chi connectivity index (χ1n) is 8.22. The molecule has 0 heterocycles. The van der Waals surface area contributed by atoms with Crippen LogP contribution < -0.4 is 0 Å². The summed E-state index contributed by atoms with van der Waals surface area (Å²) in [4.78, 5) is 0. The van der Waals surface area contributed by atoms with Crippen molar-refractivity contribution in [1.29, 1.82) is 0 Å². The van der Waals surface area contributed by atoms with E-state index in [2.05, 4.69) is 6.92 Å². The van der Waals surface area contributed by atoms with Gasteiger partial charge in [0.25, 0.3) is 0 Å². The Morgan fingerprint density at radius 1 is 0.636 bits per heavy atom. The van der Waals surface area contributed by atoms with Crippen LogP contribution in [0.3, 0.4) is 0 Å². The molecule has 0 radical (unpaired) electrons. The molecule has 134 valence electrons. The third-order valence-corrected chi connectivity index (χ3v) is 11.7. The molecule has 0 aliphatic heterocycles. The Kier molecular flexibility index (Phi) is 11.8. The molecule has 0 aliphatic carbocycles. The Morgan fingerprint density at radius 3 is 1.14 bits per heavy atom. The monoisotopic (exact) mass is 354 g/mol. The molecule has 0 aliphatic rings. The Bertz CT molecular complexity index is 244. The van der Waals surface area contributed by atoms with Crippen molar-refractivity contribution in [3.63, 3.8) is 0 Å². The summed E-state index contributed by atoms with van der Waals surface area (Å²) in [6.45, 7) is 12.0. The van der Waals surface area contributed by atoms with Crippen LogP contribution >= 0.6 is 0 Å². The van der Waals surface area contributed by atoms with E-state index in [1.54, 1.807) is 14.2 Å². The molecule has 0 atom stereocenters. The third-order valence-electron chi connectivity index (χ3n) is 3.38. The molecule has 0 saturated heterocycles. The van der Waals surface area contributed by atoms with Crippen LogP contribution in [0, 0.1) is 0 Å². The van der Waals surface area contributed by atoms with Crippen molar-refractivity contribution < 1.29 is 26.6 Å². The molecular weight excluding hydrogens is 320 g/mol. The summed E-state index contributed by atoms with van der Waals surface area (Å²) < 4.78 is 35.7. The summed E-state index contributed by atoms with van der Waals surface area (Å²) in [5.74, 6) is 0. The standard InChI is InChI=1S/C14H34O6Si2/c1-8-13-14(21(15-6,17-9-2)18-10-3)22(16-7,19-11-4)20-12-5/h14H,8-13H2,1-7H3. The van der Waals surface area contributed by atoms with Crippen molar-refractivity contribution in [2.75, 3.05) is 40.6 Å². The van der Waals surface area contributed by atoms with Crippen molar-refractivity contribution in [3.8, 4) is 0 Å². The van der Waals surface area contributed by atoms with Gasteiger partial charge in [0, 0.05) is 40.6 Å². The minimum atomic E-state index is -2.96. The van der Waals surface area contributed by atoms with E-state index in [9.17, 15) is 0 Å². The quantitative estimate of drug-likeness (QED) is 0.447. The van der Waals surface area contributed by atoms with E-state index < -0.39 is 17.6 Å². The van der Waals surface area contributed by atoms with E-state index in [4.69, 9.17) is 26.6 Å². The Morgan fingerprint density at radius 2 is 0.955 bits per heavy atom. The molecule has 0 aromatic heterocycles. The van der Waals surface area contributed by atoms with Gasteiger partial charge in [0.1, 0.15) is 0 Å². The van der Waals surface area contributed by atoms with Crippen molar-refractivity contribution in [2.45, 2.75) is 52.6 Å². The lowest BCUT2D eigenvalue weighted by atomic mass is 10.4. The maximum Gasteiger partial charge on any atom is 0.508 e. The smallest absolute Gasteiger partial charge is 0.377 e. The summed E-state index contributed by atoms with van der Waals surface area (Å²) in [6, 6.07) is 0. The molecule has 22 heavy (non-hydrogen) atoms. The minimum absolute atomic E-state index is 0.125. The highest BCUT2D eigenvalue weighted by Crippen LogP contribution is 2.39. The molecule has 0 rings (SSSR count). The van der Waals surface area contributed by atoms with Gasteiger partial charge in [-0.25, -0.2) is 0 Å². The van der Waals surface area contributed by atoms with E-state index in [0.717, 1.165) is 12.8 Å². The maximum absolute atomic E-state index is 6.02. The molecule has 6 nitrogen and oxygen atoms in total. The summed E-state index contributed by atoms with van der Waals surface area (Å²) in [7, 11) is -2.64. The van der Waals surface area contributed by atoms with Crippen LogP contribution in [0.15, 0.2) is 0 Å². The van der Waals surface area contributed by atoms with Gasteiger partial charge in [0.2, 0.25) is 0 Å². The number of hydrogen-bond acceptors (Lipinski definition) is 6. The minimum Gasteiger partial charge on any atom is -0.377 e. The van der Waals surface area contributed by atoms with Crippen LogP contribution in [0.25, 0.3) is 0 Å². The fourth-order valence-electron chi connectivity index (χ4n) is 2.67. The molecule has 0 N–H and O–H groups in total. The zero-order chi connectivity index (χ0) is 17.1. The first-order chi connectivity index (χ1) is 10.6. The first kappa shape index (κ1) is 22.2. The van der Waals surface area contributed by atoms with Crippen LogP contribution in [0.4, 0.5) is 0 Å². The fraction of sp³-hybridized carbons (Fsp3) is 1.00. The second kappa shape index (κ2) is 11.7. The van der Waals surface area contributed by atoms with E-state index in [0.29, 0.717) is 26.4 Å². The van der Waals surface area contributed by atoms with Gasteiger partial charge < -0.3 is 26.6 Å². The van der Waals surface area contributed by atoms with Crippen LogP contribution in [-0.2, 0) is 26.6 Å². The summed E-state index contributed by atoms with van der Waals surface area (Å²) >= 11 is 0. The Balaban J connectivity index is 5.83. The van der Waals surface area contributed by atoms with Gasteiger partial charge in [-0.2, -0.15) is 0 Å². The summed E-state index contributed by atoms with van der Waals surface area (Å²) in [5, 5.41) is -0.125. The third kappa shape index (κ3) is 5.38. The predicted octanol–water partition coefficient (Wildman–Crippen LogP) is 3.01. The molecule has 0 aromatic carbocycles. The second-order valence-corrected chi connectivity index (χ2v) is 11.0. The lowest BCUT2D eigenvalue weighted by molar-refractivity contribution is 0.0453. The van der Waals surface area contributed by atoms with E-state index in [-0.39, 0.29) is 5.16 Å². The lowest BCUT2D eigenvalue weighted by Crippen LogP contribution is -2.63. The van der Waals surface area contributed by atoms with Crippen LogP contribution in [0.1, 0.15) is 47.5 Å². The van der Waals surface area contributed by atoms with Gasteiger partial charge in [0.05, 0.1) is 5.16 Å². The highest BCUT2D eigenvalue weighted by atomic mass is 28.5. The molecule has 0 saturated carbocycles. The number of rotatable bonds is 14. The van der Waals surface area contributed by atoms with E-state index >= 15 is 0 Å². The highest BCUT2D eigenvalue weighted by Gasteiger charge is 2.64. The Labute approximate surface area is 138 Å². The molecule has 8 heteroatoms. The first-order valence-corrected chi connectivity index (χ1v) is 11.8. The van der Waals surface area contributed by atoms with Crippen LogP contribution in [-0.4, -0.2) is 58.3 Å². The zero-order valence-corrected chi connectivity index (χ0v) is 17.3. The average molecular weight is 355 g/mol. The summed E-state index contributed by atoms with van der Waals surface area (Å²) in [5.41, 5.74) is 0. The van der Waals surface area contributed by atoms with Gasteiger partial charge in [-0.1, -0.05) is 13.3 Å². The molecule has 0 fully saturated rings. The molecule has 0 aromatic rings. The normalized spacial score (nSPS) is 13.1. The van der Waals surface area contributed by atoms with E-state index in [1.165, 1.54) is 0 Å². The van der Waals surface area contributed by atoms with Crippen LogP contribution in [0.5, 0.6) is 0 Å². The van der Waals surface area contributed by atoms with Crippen molar-refractivity contribution in [2.24, 2.45) is 0 Å². The molecular formula is C14H34O6Si2. The SMILES string of the molecule is CCCC([Si](OC)(OCC)OCC)[Si](OC)(OCC)OCC. The molecule has 0 bridgehead atoms. The number of hydrogen-bond donors (Lipinski definition) is 0. The van der Waals surface area contributed by atoms with Crippen molar-refractivity contribution >= 4 is 17.6 Å². The summed E-state index contributed by atoms with van der Waals surface area (Å²) in [6.07, 6.45) is 1.77. The average Bonchev–Trinajstić information content (AvgIpc) is 2.52.